The van der Waals surface area contributed by atoms with Gasteiger partial charge in [0.2, 0.25) is 5.91 Å². The molecule has 0 radical (unpaired) electrons. The van der Waals surface area contributed by atoms with Gasteiger partial charge in [-0.15, -0.1) is 10.2 Å². The number of halogens is 2. The summed E-state index contributed by atoms with van der Waals surface area (Å²) in [5.41, 5.74) is 0.225. The van der Waals surface area contributed by atoms with Gasteiger partial charge in [0, 0.05) is 19.0 Å². The average Bonchev–Trinajstić information content (AvgIpc) is 2.58. The van der Waals surface area contributed by atoms with E-state index in [1.807, 2.05) is 6.07 Å². The summed E-state index contributed by atoms with van der Waals surface area (Å²) in [6.07, 6.45) is 1.37. The zero-order valence-electron chi connectivity index (χ0n) is 12.4. The van der Waals surface area contributed by atoms with Gasteiger partial charge in [0.15, 0.2) is 11.0 Å². The van der Waals surface area contributed by atoms with Crippen LogP contribution in [-0.2, 0) is 4.79 Å². The van der Waals surface area contributed by atoms with Crippen molar-refractivity contribution in [1.82, 2.24) is 10.2 Å². The molecule has 120 valence electrons. The second-order valence-electron chi connectivity index (χ2n) is 5.44. The fraction of sp³-hybridized carbons (Fsp3) is 0.312. The molecular formula is C16H16ClFN4O. The van der Waals surface area contributed by atoms with Crippen LogP contribution in [0.15, 0.2) is 36.4 Å². The first-order valence-electron chi connectivity index (χ1n) is 7.43. The Morgan fingerprint density at radius 3 is 2.57 bits per heavy atom. The summed E-state index contributed by atoms with van der Waals surface area (Å²) >= 11 is 5.73. The van der Waals surface area contributed by atoms with Crippen molar-refractivity contribution in [2.45, 2.75) is 12.8 Å². The number of aromatic nitrogens is 2. The van der Waals surface area contributed by atoms with Crippen molar-refractivity contribution in [2.75, 3.05) is 23.3 Å². The molecule has 1 aromatic carbocycles. The van der Waals surface area contributed by atoms with E-state index in [0.717, 1.165) is 5.82 Å². The van der Waals surface area contributed by atoms with Gasteiger partial charge in [0.1, 0.15) is 5.82 Å². The molecule has 1 aromatic heterocycles. The van der Waals surface area contributed by atoms with Crippen molar-refractivity contribution >= 4 is 29.0 Å². The van der Waals surface area contributed by atoms with Gasteiger partial charge >= 0.3 is 0 Å². The van der Waals surface area contributed by atoms with Crippen LogP contribution < -0.4 is 10.2 Å². The van der Waals surface area contributed by atoms with Gasteiger partial charge in [0.05, 0.1) is 5.69 Å². The van der Waals surface area contributed by atoms with Crippen LogP contribution in [0.3, 0.4) is 0 Å². The van der Waals surface area contributed by atoms with E-state index in [4.69, 9.17) is 11.6 Å². The SMILES string of the molecule is O=C(Nc1ccccc1F)C1CCN(c2ccc(Cl)nn2)CC1. The predicted octanol–water partition coefficient (Wildman–Crippen LogP) is 3.12. The van der Waals surface area contributed by atoms with Crippen molar-refractivity contribution < 1.29 is 9.18 Å². The lowest BCUT2D eigenvalue weighted by Crippen LogP contribution is -2.38. The van der Waals surface area contributed by atoms with Crippen molar-refractivity contribution in [3.63, 3.8) is 0 Å². The molecule has 2 aromatic rings. The van der Waals surface area contributed by atoms with Gasteiger partial charge < -0.3 is 10.2 Å². The number of nitrogens with zero attached hydrogens (tertiary/aromatic N) is 3. The molecule has 2 heterocycles. The van der Waals surface area contributed by atoms with Crippen molar-refractivity contribution in [1.29, 1.82) is 0 Å². The fourth-order valence-electron chi connectivity index (χ4n) is 2.65. The number of carbonyl (C=O) groups is 1. The molecule has 7 heteroatoms. The smallest absolute Gasteiger partial charge is 0.227 e. The van der Waals surface area contributed by atoms with Crippen LogP contribution in [-0.4, -0.2) is 29.2 Å². The molecule has 0 atom stereocenters. The highest BCUT2D eigenvalue weighted by molar-refractivity contribution is 6.29. The zero-order chi connectivity index (χ0) is 16.2. The van der Waals surface area contributed by atoms with E-state index >= 15 is 0 Å². The van der Waals surface area contributed by atoms with Gasteiger partial charge in [-0.25, -0.2) is 4.39 Å². The molecule has 0 aliphatic carbocycles. The summed E-state index contributed by atoms with van der Waals surface area (Å²) in [5, 5.41) is 10.9. The van der Waals surface area contributed by atoms with E-state index < -0.39 is 5.82 Å². The summed E-state index contributed by atoms with van der Waals surface area (Å²) in [6, 6.07) is 9.69. The largest absolute Gasteiger partial charge is 0.355 e. The molecule has 3 rings (SSSR count). The molecule has 0 spiro atoms. The molecule has 23 heavy (non-hydrogen) atoms. The van der Waals surface area contributed by atoms with Crippen LogP contribution >= 0.6 is 11.6 Å². The Morgan fingerprint density at radius 1 is 1.17 bits per heavy atom. The molecule has 0 bridgehead atoms. The molecule has 1 fully saturated rings. The third kappa shape index (κ3) is 3.76. The molecule has 0 saturated carbocycles. The Labute approximate surface area is 138 Å². The lowest BCUT2D eigenvalue weighted by molar-refractivity contribution is -0.120. The molecular weight excluding hydrogens is 319 g/mol. The zero-order valence-corrected chi connectivity index (χ0v) is 13.1. The minimum Gasteiger partial charge on any atom is -0.355 e. The highest BCUT2D eigenvalue weighted by Crippen LogP contribution is 2.23. The van der Waals surface area contributed by atoms with E-state index in [2.05, 4.69) is 20.4 Å². The number of benzene rings is 1. The minimum atomic E-state index is -0.422. The number of piperidine rings is 1. The standard InChI is InChI=1S/C16H16ClFN4O/c17-14-5-6-15(21-20-14)22-9-7-11(8-10-22)16(23)19-13-4-2-1-3-12(13)18/h1-6,11H,7-10H2,(H,19,23). The van der Waals surface area contributed by atoms with E-state index in [1.165, 1.54) is 6.07 Å². The monoisotopic (exact) mass is 334 g/mol. The number of hydrogen-bond acceptors (Lipinski definition) is 4. The third-order valence-corrected chi connectivity index (χ3v) is 4.14. The topological polar surface area (TPSA) is 58.1 Å². The second kappa shape index (κ2) is 6.91. The van der Waals surface area contributed by atoms with Crippen LogP contribution in [0.4, 0.5) is 15.9 Å². The van der Waals surface area contributed by atoms with Crippen LogP contribution in [0, 0.1) is 11.7 Å². The second-order valence-corrected chi connectivity index (χ2v) is 5.83. The first-order chi connectivity index (χ1) is 11.1. The Bertz CT molecular complexity index is 687. The lowest BCUT2D eigenvalue weighted by atomic mass is 9.96. The summed E-state index contributed by atoms with van der Waals surface area (Å²) in [4.78, 5) is 14.3. The lowest BCUT2D eigenvalue weighted by Gasteiger charge is -2.31. The van der Waals surface area contributed by atoms with E-state index in [9.17, 15) is 9.18 Å². The molecule has 1 N–H and O–H groups in total. The fourth-order valence-corrected chi connectivity index (χ4v) is 2.75. The Kier molecular flexibility index (Phi) is 4.71. The van der Waals surface area contributed by atoms with Crippen molar-refractivity contribution in [2.24, 2.45) is 5.92 Å². The number of carbonyl (C=O) groups excluding carboxylic acids is 1. The Morgan fingerprint density at radius 2 is 1.91 bits per heavy atom. The predicted molar refractivity (Wildman–Crippen MR) is 87.0 cm³/mol. The Balaban J connectivity index is 1.57. The van der Waals surface area contributed by atoms with Crippen molar-refractivity contribution in [3.05, 3.63) is 47.4 Å². The van der Waals surface area contributed by atoms with E-state index in [1.54, 1.807) is 24.3 Å². The van der Waals surface area contributed by atoms with Crippen LogP contribution in [0.2, 0.25) is 5.15 Å². The first kappa shape index (κ1) is 15.7. The molecule has 1 saturated heterocycles. The van der Waals surface area contributed by atoms with Crippen LogP contribution in [0.25, 0.3) is 0 Å². The summed E-state index contributed by atoms with van der Waals surface area (Å²) in [6.45, 7) is 1.40. The van der Waals surface area contributed by atoms with Gasteiger partial charge in [-0.05, 0) is 37.1 Å². The summed E-state index contributed by atoms with van der Waals surface area (Å²) in [5.74, 6) is 0.0557. The highest BCUT2D eigenvalue weighted by atomic mass is 35.5. The number of hydrogen-bond donors (Lipinski definition) is 1. The summed E-state index contributed by atoms with van der Waals surface area (Å²) in [7, 11) is 0. The maximum Gasteiger partial charge on any atom is 0.227 e. The number of amides is 1. The quantitative estimate of drug-likeness (QED) is 0.937. The van der Waals surface area contributed by atoms with E-state index in [0.29, 0.717) is 31.1 Å². The molecule has 0 unspecified atom stereocenters. The maximum absolute atomic E-state index is 13.6. The molecule has 5 nitrogen and oxygen atoms in total. The third-order valence-electron chi connectivity index (χ3n) is 3.94. The number of nitrogens with one attached hydrogen (secondary N) is 1. The van der Waals surface area contributed by atoms with Gasteiger partial charge in [-0.2, -0.15) is 0 Å². The first-order valence-corrected chi connectivity index (χ1v) is 7.81. The van der Waals surface area contributed by atoms with Crippen LogP contribution in [0.5, 0.6) is 0 Å². The van der Waals surface area contributed by atoms with Crippen molar-refractivity contribution in [3.8, 4) is 0 Å². The number of rotatable bonds is 3. The van der Waals surface area contributed by atoms with Gasteiger partial charge in [-0.3, -0.25) is 4.79 Å². The molecule has 1 amide bonds. The molecule has 1 aliphatic rings. The number of anilines is 2. The molecule has 1 aliphatic heterocycles. The Hall–Kier alpha value is -2.21. The van der Waals surface area contributed by atoms with Gasteiger partial charge in [-0.1, -0.05) is 23.7 Å². The number of para-hydroxylation sites is 1. The van der Waals surface area contributed by atoms with Crippen LogP contribution in [0.1, 0.15) is 12.8 Å². The summed E-state index contributed by atoms with van der Waals surface area (Å²) < 4.78 is 13.6. The maximum atomic E-state index is 13.6. The van der Waals surface area contributed by atoms with E-state index in [-0.39, 0.29) is 17.5 Å². The highest BCUT2D eigenvalue weighted by Gasteiger charge is 2.26. The minimum absolute atomic E-state index is 0.133. The average molecular weight is 335 g/mol. The normalized spacial score (nSPS) is 15.5. The van der Waals surface area contributed by atoms with Gasteiger partial charge in [0.25, 0.3) is 0 Å².